The molecule has 0 spiro atoms. The number of hydrogen-bond donors (Lipinski definition) is 1. The first-order chi connectivity index (χ1) is 18.1. The van der Waals surface area contributed by atoms with Gasteiger partial charge in [0.15, 0.2) is 17.4 Å². The Kier molecular flexibility index (Phi) is 7.90. The fraction of sp³-hybridized carbons (Fsp3) is 0.286. The lowest BCUT2D eigenvalue weighted by molar-refractivity contribution is 0.152. The number of rotatable bonds is 8. The molecular formula is C28H26F2N4O2S. The molecule has 2 aromatic heterocycles. The van der Waals surface area contributed by atoms with Crippen molar-refractivity contribution in [3.8, 4) is 17.6 Å². The number of ether oxygens (including phenoxy) is 2. The maximum Gasteiger partial charge on any atom is 0.167 e. The minimum absolute atomic E-state index is 0.0675. The molecule has 1 saturated heterocycles. The quantitative estimate of drug-likeness (QED) is 0.299. The van der Waals surface area contributed by atoms with Crippen LogP contribution in [0.25, 0.3) is 10.2 Å². The summed E-state index contributed by atoms with van der Waals surface area (Å²) in [7, 11) is 1.71. The summed E-state index contributed by atoms with van der Waals surface area (Å²) < 4.78 is 39.7. The van der Waals surface area contributed by atoms with Gasteiger partial charge in [0.05, 0.1) is 27.7 Å². The van der Waals surface area contributed by atoms with E-state index in [0.29, 0.717) is 23.7 Å². The number of likely N-dealkylation sites (tertiary alicyclic amines) is 1. The molecule has 1 N–H and O–H groups in total. The van der Waals surface area contributed by atoms with Crippen LogP contribution in [0.4, 0.5) is 20.3 Å². The van der Waals surface area contributed by atoms with Crippen LogP contribution in [0.3, 0.4) is 0 Å². The average molecular weight is 521 g/mol. The highest BCUT2D eigenvalue weighted by atomic mass is 32.1. The van der Waals surface area contributed by atoms with Crippen LogP contribution >= 0.6 is 11.3 Å². The molecule has 1 aliphatic heterocycles. The molecule has 5 rings (SSSR count). The predicted molar refractivity (Wildman–Crippen MR) is 141 cm³/mol. The van der Waals surface area contributed by atoms with Gasteiger partial charge in [0.1, 0.15) is 18.8 Å². The number of thiophene rings is 1. The van der Waals surface area contributed by atoms with Crippen molar-refractivity contribution in [2.24, 2.45) is 0 Å². The Morgan fingerprint density at radius 1 is 1.16 bits per heavy atom. The molecule has 1 aliphatic rings. The van der Waals surface area contributed by atoms with Crippen molar-refractivity contribution in [2.45, 2.75) is 25.5 Å². The highest BCUT2D eigenvalue weighted by molar-refractivity contribution is 7.20. The Balaban J connectivity index is 1.28. The molecule has 0 radical (unpaired) electrons. The molecule has 37 heavy (non-hydrogen) atoms. The van der Waals surface area contributed by atoms with Gasteiger partial charge < -0.3 is 14.8 Å². The van der Waals surface area contributed by atoms with Crippen molar-refractivity contribution in [1.29, 1.82) is 0 Å². The monoisotopic (exact) mass is 520 g/mol. The largest absolute Gasteiger partial charge is 0.486 e. The van der Waals surface area contributed by atoms with Gasteiger partial charge in [-0.25, -0.2) is 18.7 Å². The van der Waals surface area contributed by atoms with Crippen LogP contribution in [0.5, 0.6) is 5.75 Å². The Hall–Kier alpha value is -3.58. The van der Waals surface area contributed by atoms with Crippen molar-refractivity contribution in [2.75, 3.05) is 32.1 Å². The molecule has 0 saturated carbocycles. The van der Waals surface area contributed by atoms with Gasteiger partial charge in [-0.3, -0.25) is 4.90 Å². The van der Waals surface area contributed by atoms with Gasteiger partial charge in [0, 0.05) is 25.4 Å². The molecular weight excluding hydrogens is 494 g/mol. The van der Waals surface area contributed by atoms with E-state index in [0.717, 1.165) is 41.0 Å². The van der Waals surface area contributed by atoms with Gasteiger partial charge in [0.2, 0.25) is 0 Å². The van der Waals surface area contributed by atoms with Gasteiger partial charge in [-0.15, -0.1) is 11.3 Å². The first-order valence-corrected chi connectivity index (χ1v) is 12.8. The molecule has 6 nitrogen and oxygen atoms in total. The molecule has 0 unspecified atom stereocenters. The third-order valence-electron chi connectivity index (χ3n) is 6.10. The summed E-state index contributed by atoms with van der Waals surface area (Å²) in [4.78, 5) is 12.0. The van der Waals surface area contributed by atoms with E-state index in [-0.39, 0.29) is 24.2 Å². The van der Waals surface area contributed by atoms with E-state index in [1.54, 1.807) is 25.3 Å². The lowest BCUT2D eigenvalue weighted by Gasteiger charge is -2.19. The van der Waals surface area contributed by atoms with E-state index in [9.17, 15) is 8.78 Å². The molecule has 2 aromatic carbocycles. The standard InChI is InChI=1S/C28H26F2N4O2S/c1-35-13-12-34-11-3-6-22(34)8-9-23-16-25-27(37-23)28(32-18-31-25)33-21-7-10-26(24(30)15-21)36-17-19-4-2-5-20(29)14-19/h2,4-5,7,10,14-16,18,22H,3,6,11-13,17H2,1H3,(H,31,32,33)/t22-/m1/s1. The maximum atomic E-state index is 14.7. The molecule has 1 fully saturated rings. The Labute approximate surface area is 218 Å². The number of fused-ring (bicyclic) bond motifs is 1. The first-order valence-electron chi connectivity index (χ1n) is 12.0. The maximum absolute atomic E-state index is 14.7. The number of methoxy groups -OCH3 is 1. The van der Waals surface area contributed by atoms with Crippen molar-refractivity contribution >= 4 is 33.1 Å². The van der Waals surface area contributed by atoms with E-state index in [1.165, 1.54) is 41.9 Å². The summed E-state index contributed by atoms with van der Waals surface area (Å²) in [5.41, 5.74) is 1.93. The van der Waals surface area contributed by atoms with Crippen LogP contribution in [-0.2, 0) is 11.3 Å². The van der Waals surface area contributed by atoms with Gasteiger partial charge in [-0.1, -0.05) is 24.0 Å². The van der Waals surface area contributed by atoms with Crippen molar-refractivity contribution in [3.63, 3.8) is 0 Å². The second kappa shape index (κ2) is 11.6. The number of hydrogen-bond acceptors (Lipinski definition) is 7. The van der Waals surface area contributed by atoms with Crippen molar-refractivity contribution < 1.29 is 18.3 Å². The van der Waals surface area contributed by atoms with Gasteiger partial charge in [-0.05, 0) is 55.3 Å². The van der Waals surface area contributed by atoms with E-state index < -0.39 is 5.82 Å². The molecule has 9 heteroatoms. The summed E-state index contributed by atoms with van der Waals surface area (Å²) in [6, 6.07) is 12.8. The van der Waals surface area contributed by atoms with Crippen LogP contribution in [-0.4, -0.2) is 47.7 Å². The third-order valence-corrected chi connectivity index (χ3v) is 7.14. The number of aromatic nitrogens is 2. The van der Waals surface area contributed by atoms with Gasteiger partial charge in [-0.2, -0.15) is 0 Å². The Bertz CT molecular complexity index is 1450. The zero-order valence-corrected chi connectivity index (χ0v) is 21.2. The number of nitrogens with one attached hydrogen (secondary N) is 1. The van der Waals surface area contributed by atoms with Crippen LogP contribution in [0.1, 0.15) is 23.3 Å². The molecule has 3 heterocycles. The summed E-state index contributed by atoms with van der Waals surface area (Å²) in [5, 5.41) is 3.18. The van der Waals surface area contributed by atoms with Gasteiger partial charge in [0.25, 0.3) is 0 Å². The number of benzene rings is 2. The average Bonchev–Trinajstić information content (AvgIpc) is 3.52. The lowest BCUT2D eigenvalue weighted by Crippen LogP contribution is -2.31. The highest BCUT2D eigenvalue weighted by Crippen LogP contribution is 2.32. The molecule has 0 aliphatic carbocycles. The number of anilines is 2. The Morgan fingerprint density at radius 3 is 2.92 bits per heavy atom. The lowest BCUT2D eigenvalue weighted by atomic mass is 10.2. The SMILES string of the molecule is COCCN1CCC[C@@H]1C#Cc1cc2ncnc(Nc3ccc(OCc4cccc(F)c4)c(F)c3)c2s1. The Morgan fingerprint density at radius 2 is 2.08 bits per heavy atom. The summed E-state index contributed by atoms with van der Waals surface area (Å²) >= 11 is 1.51. The second-order valence-corrected chi connectivity index (χ2v) is 9.74. The summed E-state index contributed by atoms with van der Waals surface area (Å²) in [6.45, 7) is 2.69. The minimum atomic E-state index is -0.529. The van der Waals surface area contributed by atoms with Crippen molar-refractivity contribution in [1.82, 2.24) is 14.9 Å². The predicted octanol–water partition coefficient (Wildman–Crippen LogP) is 5.75. The van der Waals surface area contributed by atoms with E-state index in [2.05, 4.69) is 32.0 Å². The van der Waals surface area contributed by atoms with Crippen LogP contribution in [0.15, 0.2) is 54.9 Å². The topological polar surface area (TPSA) is 59.5 Å². The fourth-order valence-electron chi connectivity index (χ4n) is 4.25. The van der Waals surface area contributed by atoms with E-state index in [4.69, 9.17) is 9.47 Å². The normalized spacial score (nSPS) is 15.5. The van der Waals surface area contributed by atoms with Crippen LogP contribution in [0.2, 0.25) is 0 Å². The smallest absolute Gasteiger partial charge is 0.167 e. The minimum Gasteiger partial charge on any atom is -0.486 e. The third kappa shape index (κ3) is 6.23. The zero-order valence-electron chi connectivity index (χ0n) is 20.3. The fourth-order valence-corrected chi connectivity index (χ4v) is 5.16. The van der Waals surface area contributed by atoms with Gasteiger partial charge >= 0.3 is 0 Å². The molecule has 0 bridgehead atoms. The summed E-state index contributed by atoms with van der Waals surface area (Å²) in [5.74, 6) is 6.50. The van der Waals surface area contributed by atoms with Crippen LogP contribution in [0, 0.1) is 23.5 Å². The van der Waals surface area contributed by atoms with E-state index >= 15 is 0 Å². The molecule has 4 aromatic rings. The second-order valence-electron chi connectivity index (χ2n) is 8.69. The van der Waals surface area contributed by atoms with Crippen LogP contribution < -0.4 is 10.1 Å². The zero-order chi connectivity index (χ0) is 25.6. The number of halogens is 2. The number of nitrogens with zero attached hydrogens (tertiary/aromatic N) is 3. The summed E-state index contributed by atoms with van der Waals surface area (Å²) in [6.07, 6.45) is 3.67. The molecule has 190 valence electrons. The van der Waals surface area contributed by atoms with Crippen molar-refractivity contribution in [3.05, 3.63) is 76.9 Å². The van der Waals surface area contributed by atoms with E-state index in [1.807, 2.05) is 6.07 Å². The molecule has 1 atom stereocenters. The highest BCUT2D eigenvalue weighted by Gasteiger charge is 2.22. The molecule has 0 amide bonds. The first kappa shape index (κ1) is 25.1.